The van der Waals surface area contributed by atoms with Crippen LogP contribution in [0.5, 0.6) is 0 Å². The van der Waals surface area contributed by atoms with Gasteiger partial charge in [-0.2, -0.15) is 0 Å². The van der Waals surface area contributed by atoms with E-state index in [1.165, 1.54) is 6.07 Å². The fourth-order valence-corrected chi connectivity index (χ4v) is 2.44. The number of aromatic nitrogens is 2. The highest BCUT2D eigenvalue weighted by Gasteiger charge is 2.15. The summed E-state index contributed by atoms with van der Waals surface area (Å²) in [6.45, 7) is 4.79. The van der Waals surface area contributed by atoms with Gasteiger partial charge in [-0.1, -0.05) is 26.7 Å². The highest BCUT2D eigenvalue weighted by Crippen LogP contribution is 2.22. The van der Waals surface area contributed by atoms with Gasteiger partial charge in [0.05, 0.1) is 5.52 Å². The molecule has 5 heteroatoms. The summed E-state index contributed by atoms with van der Waals surface area (Å²) in [6, 6.07) is 2.64. The number of imidazole rings is 1. The van der Waals surface area contributed by atoms with Crippen molar-refractivity contribution in [1.82, 2.24) is 9.55 Å². The zero-order valence-electron chi connectivity index (χ0n) is 10.5. The normalized spacial score (nSPS) is 11.6. The van der Waals surface area contributed by atoms with E-state index >= 15 is 0 Å². The first-order valence-corrected chi connectivity index (χ1v) is 6.55. The van der Waals surface area contributed by atoms with E-state index in [4.69, 9.17) is 12.2 Å². The lowest BCUT2D eigenvalue weighted by Crippen LogP contribution is -2.10. The quantitative estimate of drug-likeness (QED) is 0.816. The fourth-order valence-electron chi connectivity index (χ4n) is 2.17. The summed E-state index contributed by atoms with van der Waals surface area (Å²) in [5.41, 5.74) is 0.789. The molecule has 2 rings (SSSR count). The molecular weight excluding hydrogens is 254 g/mol. The number of rotatable bonds is 4. The molecule has 0 saturated heterocycles. The van der Waals surface area contributed by atoms with E-state index in [1.807, 2.05) is 0 Å². The third kappa shape index (κ3) is 2.19. The van der Waals surface area contributed by atoms with Crippen molar-refractivity contribution in [1.29, 1.82) is 0 Å². The summed E-state index contributed by atoms with van der Waals surface area (Å²) < 4.78 is 29.3. The van der Waals surface area contributed by atoms with Gasteiger partial charge in [0.2, 0.25) is 0 Å². The molecule has 0 aliphatic carbocycles. The van der Waals surface area contributed by atoms with E-state index in [-0.39, 0.29) is 5.52 Å². The summed E-state index contributed by atoms with van der Waals surface area (Å²) in [5.74, 6) is -1.25. The van der Waals surface area contributed by atoms with Crippen LogP contribution in [-0.2, 0) is 6.54 Å². The molecule has 1 heterocycles. The summed E-state index contributed by atoms with van der Waals surface area (Å²) >= 11 is 5.19. The Balaban J connectivity index is 2.59. The van der Waals surface area contributed by atoms with Crippen LogP contribution in [0, 0.1) is 22.3 Å². The molecule has 2 aromatic rings. The predicted molar refractivity (Wildman–Crippen MR) is 71.1 cm³/mol. The number of hydrogen-bond acceptors (Lipinski definition) is 1. The number of fused-ring (bicyclic) bond motifs is 1. The maximum Gasteiger partial charge on any atom is 0.184 e. The van der Waals surface area contributed by atoms with Gasteiger partial charge in [-0.05, 0) is 30.3 Å². The highest BCUT2D eigenvalue weighted by molar-refractivity contribution is 7.71. The zero-order valence-corrected chi connectivity index (χ0v) is 11.3. The van der Waals surface area contributed by atoms with Crippen molar-refractivity contribution in [3.8, 4) is 0 Å². The van der Waals surface area contributed by atoms with Gasteiger partial charge >= 0.3 is 0 Å². The monoisotopic (exact) mass is 270 g/mol. The Morgan fingerprint density at radius 1 is 1.28 bits per heavy atom. The first kappa shape index (κ1) is 13.2. The molecular formula is C13H16F2N2S. The molecule has 0 unspecified atom stereocenters. The number of halogens is 2. The minimum absolute atomic E-state index is 0.243. The fraction of sp³-hybridized carbons (Fsp3) is 0.462. The molecule has 0 radical (unpaired) electrons. The average molecular weight is 270 g/mol. The Hall–Kier alpha value is -1.23. The minimum atomic E-state index is -0.838. The summed E-state index contributed by atoms with van der Waals surface area (Å²) in [4.78, 5) is 2.92. The lowest BCUT2D eigenvalue weighted by atomic mass is 10.0. The molecule has 0 amide bonds. The van der Waals surface area contributed by atoms with Crippen LogP contribution in [-0.4, -0.2) is 9.55 Å². The maximum absolute atomic E-state index is 13.9. The smallest absolute Gasteiger partial charge is 0.184 e. The van der Waals surface area contributed by atoms with Gasteiger partial charge in [0.1, 0.15) is 5.52 Å². The molecule has 1 aromatic heterocycles. The Morgan fingerprint density at radius 3 is 2.56 bits per heavy atom. The van der Waals surface area contributed by atoms with Crippen molar-refractivity contribution < 1.29 is 8.78 Å². The van der Waals surface area contributed by atoms with Crippen molar-refractivity contribution in [3.05, 3.63) is 28.5 Å². The van der Waals surface area contributed by atoms with Crippen LogP contribution in [0.25, 0.3) is 11.0 Å². The minimum Gasteiger partial charge on any atom is -0.330 e. The van der Waals surface area contributed by atoms with Gasteiger partial charge in [0.15, 0.2) is 16.4 Å². The van der Waals surface area contributed by atoms with Gasteiger partial charge in [-0.15, -0.1) is 0 Å². The molecule has 1 aromatic carbocycles. The van der Waals surface area contributed by atoms with Crippen molar-refractivity contribution >= 4 is 23.3 Å². The van der Waals surface area contributed by atoms with Gasteiger partial charge in [-0.25, -0.2) is 8.78 Å². The molecule has 0 aliphatic heterocycles. The first-order valence-electron chi connectivity index (χ1n) is 6.15. The van der Waals surface area contributed by atoms with Gasteiger partial charge in [0.25, 0.3) is 0 Å². The Labute approximate surface area is 110 Å². The van der Waals surface area contributed by atoms with E-state index in [9.17, 15) is 8.78 Å². The third-order valence-electron chi connectivity index (χ3n) is 3.42. The van der Waals surface area contributed by atoms with E-state index in [0.29, 0.717) is 22.8 Å². The van der Waals surface area contributed by atoms with Crippen LogP contribution in [0.15, 0.2) is 12.1 Å². The molecule has 0 bridgehead atoms. The number of H-pyrrole nitrogens is 1. The molecule has 2 nitrogen and oxygen atoms in total. The lowest BCUT2D eigenvalue weighted by molar-refractivity contribution is 0.418. The number of nitrogens with zero attached hydrogens (tertiary/aromatic N) is 1. The van der Waals surface area contributed by atoms with Gasteiger partial charge < -0.3 is 9.55 Å². The zero-order chi connectivity index (χ0) is 13.3. The van der Waals surface area contributed by atoms with Gasteiger partial charge in [0, 0.05) is 6.54 Å². The largest absolute Gasteiger partial charge is 0.330 e. The standard InChI is InChI=1S/C13H16F2N2S/c1-3-8(4-2)7-17-12-10(16-13(17)18)6-5-9(14)11(12)15/h5-6,8H,3-4,7H2,1-2H3,(H,16,18). The Morgan fingerprint density at radius 2 is 1.94 bits per heavy atom. The second-order valence-corrected chi connectivity index (χ2v) is 4.87. The first-order chi connectivity index (χ1) is 8.58. The molecule has 0 atom stereocenters. The highest BCUT2D eigenvalue weighted by atomic mass is 32.1. The summed E-state index contributed by atoms with van der Waals surface area (Å²) in [7, 11) is 0. The summed E-state index contributed by atoms with van der Waals surface area (Å²) in [5, 5.41) is 0. The van der Waals surface area contributed by atoms with E-state index in [0.717, 1.165) is 18.9 Å². The Kier molecular flexibility index (Phi) is 3.80. The molecule has 0 saturated carbocycles. The molecule has 1 N–H and O–H groups in total. The average Bonchev–Trinajstić information content (AvgIpc) is 2.68. The molecule has 0 spiro atoms. The number of hydrogen-bond donors (Lipinski definition) is 1. The van der Waals surface area contributed by atoms with Crippen molar-refractivity contribution in [2.75, 3.05) is 0 Å². The maximum atomic E-state index is 13.9. The number of aromatic amines is 1. The van der Waals surface area contributed by atoms with Crippen LogP contribution in [0.2, 0.25) is 0 Å². The number of benzene rings is 1. The Bertz CT molecular complexity index is 611. The number of nitrogens with one attached hydrogen (secondary N) is 1. The third-order valence-corrected chi connectivity index (χ3v) is 3.74. The molecule has 18 heavy (non-hydrogen) atoms. The molecule has 0 fully saturated rings. The topological polar surface area (TPSA) is 20.7 Å². The summed E-state index contributed by atoms with van der Waals surface area (Å²) in [6.07, 6.45) is 1.98. The van der Waals surface area contributed by atoms with Crippen LogP contribution >= 0.6 is 12.2 Å². The lowest BCUT2D eigenvalue weighted by Gasteiger charge is -2.14. The predicted octanol–water partition coefficient (Wildman–Crippen LogP) is 4.41. The van der Waals surface area contributed by atoms with Crippen molar-refractivity contribution in [2.24, 2.45) is 5.92 Å². The van der Waals surface area contributed by atoms with Crippen LogP contribution in [0.4, 0.5) is 8.78 Å². The van der Waals surface area contributed by atoms with Gasteiger partial charge in [-0.3, -0.25) is 0 Å². The second-order valence-electron chi connectivity index (χ2n) is 4.48. The van der Waals surface area contributed by atoms with E-state index in [1.54, 1.807) is 4.57 Å². The van der Waals surface area contributed by atoms with Crippen molar-refractivity contribution in [2.45, 2.75) is 33.2 Å². The van der Waals surface area contributed by atoms with E-state index < -0.39 is 11.6 Å². The van der Waals surface area contributed by atoms with Crippen LogP contribution in [0.1, 0.15) is 26.7 Å². The van der Waals surface area contributed by atoms with Crippen LogP contribution in [0.3, 0.4) is 0 Å². The molecule has 98 valence electrons. The second kappa shape index (κ2) is 5.18. The van der Waals surface area contributed by atoms with E-state index in [2.05, 4.69) is 18.8 Å². The SMILES string of the molecule is CCC(CC)Cn1c(=S)[nH]c2ccc(F)c(F)c21. The van der Waals surface area contributed by atoms with Crippen LogP contribution < -0.4 is 0 Å². The molecule has 0 aliphatic rings. The van der Waals surface area contributed by atoms with Crippen molar-refractivity contribution in [3.63, 3.8) is 0 Å².